The first kappa shape index (κ1) is 10.7. The SMILES string of the molecule is Cc1cccc(C)c1OO.[Mo]. The van der Waals surface area contributed by atoms with Crippen molar-refractivity contribution in [3.63, 3.8) is 0 Å². The molecule has 0 fully saturated rings. The third-order valence-electron chi connectivity index (χ3n) is 1.50. The Bertz CT molecular complexity index is 215. The molecule has 0 bridgehead atoms. The minimum Gasteiger partial charge on any atom is -0.340 e. The van der Waals surface area contributed by atoms with E-state index in [0.29, 0.717) is 5.75 Å². The average Bonchev–Trinajstić information content (AvgIpc) is 1.88. The fraction of sp³-hybridized carbons (Fsp3) is 0.250. The molecule has 3 heteroatoms. The quantitative estimate of drug-likeness (QED) is 0.458. The molecular formula is C8H10MoO2. The van der Waals surface area contributed by atoms with Gasteiger partial charge in [0.05, 0.1) is 0 Å². The molecule has 0 aromatic heterocycles. The third kappa shape index (κ3) is 2.32. The molecule has 11 heavy (non-hydrogen) atoms. The predicted octanol–water partition coefficient (Wildman–Crippen LogP) is 2.15. The van der Waals surface area contributed by atoms with Gasteiger partial charge in [0.25, 0.3) is 0 Å². The molecule has 0 heterocycles. The molecule has 0 aliphatic carbocycles. The Morgan fingerprint density at radius 3 is 1.91 bits per heavy atom. The molecule has 0 radical (unpaired) electrons. The summed E-state index contributed by atoms with van der Waals surface area (Å²) in [6.07, 6.45) is 0. The standard InChI is InChI=1S/C8H10O2.Mo/c1-6-4-3-5-7(2)8(6)10-9;/h3-5,9H,1-2H3;. The second kappa shape index (κ2) is 4.53. The maximum atomic E-state index is 8.40. The smallest absolute Gasteiger partial charge is 0.170 e. The molecule has 0 aliphatic rings. The van der Waals surface area contributed by atoms with Crippen molar-refractivity contribution in [2.24, 2.45) is 0 Å². The number of aryl methyl sites for hydroxylation is 2. The summed E-state index contributed by atoms with van der Waals surface area (Å²) in [4.78, 5) is 4.18. The maximum absolute atomic E-state index is 8.40. The van der Waals surface area contributed by atoms with Gasteiger partial charge in [-0.1, -0.05) is 18.2 Å². The van der Waals surface area contributed by atoms with Crippen molar-refractivity contribution in [1.82, 2.24) is 0 Å². The molecule has 0 spiro atoms. The topological polar surface area (TPSA) is 29.5 Å². The predicted molar refractivity (Wildman–Crippen MR) is 39.2 cm³/mol. The van der Waals surface area contributed by atoms with Crippen LogP contribution in [0.25, 0.3) is 0 Å². The molecule has 0 aliphatic heterocycles. The normalized spacial score (nSPS) is 8.64. The molecule has 1 aromatic rings. The monoisotopic (exact) mass is 236 g/mol. The van der Waals surface area contributed by atoms with Crippen LogP contribution in [0.3, 0.4) is 0 Å². The molecule has 0 unspecified atom stereocenters. The van der Waals surface area contributed by atoms with E-state index in [0.717, 1.165) is 11.1 Å². The molecule has 0 saturated carbocycles. The van der Waals surface area contributed by atoms with Gasteiger partial charge in [0.2, 0.25) is 0 Å². The Kier molecular flexibility index (Phi) is 4.39. The van der Waals surface area contributed by atoms with Gasteiger partial charge in [0.1, 0.15) is 0 Å². The Morgan fingerprint density at radius 1 is 1.18 bits per heavy atom. The molecule has 1 rings (SSSR count). The number of para-hydroxylation sites is 1. The Hall–Kier alpha value is -0.332. The summed E-state index contributed by atoms with van der Waals surface area (Å²) in [5.41, 5.74) is 1.89. The van der Waals surface area contributed by atoms with Crippen molar-refractivity contribution in [3.8, 4) is 5.75 Å². The maximum Gasteiger partial charge on any atom is 0.170 e. The first-order valence-corrected chi connectivity index (χ1v) is 3.13. The summed E-state index contributed by atoms with van der Waals surface area (Å²) in [6, 6.07) is 5.70. The molecule has 1 N–H and O–H groups in total. The zero-order valence-corrected chi connectivity index (χ0v) is 8.50. The number of hydrogen-bond acceptors (Lipinski definition) is 2. The van der Waals surface area contributed by atoms with Crippen LogP contribution in [0, 0.1) is 13.8 Å². The molecule has 0 saturated heterocycles. The minimum absolute atomic E-state index is 0. The van der Waals surface area contributed by atoms with Crippen LogP contribution in [0.15, 0.2) is 18.2 Å². The van der Waals surface area contributed by atoms with E-state index in [1.807, 2.05) is 32.0 Å². The zero-order valence-electron chi connectivity index (χ0n) is 6.50. The van der Waals surface area contributed by atoms with E-state index in [9.17, 15) is 0 Å². The van der Waals surface area contributed by atoms with Gasteiger partial charge in [-0.05, 0) is 25.0 Å². The van der Waals surface area contributed by atoms with Gasteiger partial charge in [-0.25, -0.2) is 5.26 Å². The fourth-order valence-corrected chi connectivity index (χ4v) is 0.943. The summed E-state index contributed by atoms with van der Waals surface area (Å²) in [5, 5.41) is 8.40. The van der Waals surface area contributed by atoms with Crippen LogP contribution < -0.4 is 4.89 Å². The van der Waals surface area contributed by atoms with E-state index < -0.39 is 0 Å². The van der Waals surface area contributed by atoms with Gasteiger partial charge >= 0.3 is 0 Å². The van der Waals surface area contributed by atoms with Crippen LogP contribution in [0.2, 0.25) is 0 Å². The van der Waals surface area contributed by atoms with Crippen molar-refractivity contribution in [1.29, 1.82) is 0 Å². The molecule has 0 amide bonds. The Morgan fingerprint density at radius 2 is 1.64 bits per heavy atom. The Balaban J connectivity index is 0.000001000. The summed E-state index contributed by atoms with van der Waals surface area (Å²) in [7, 11) is 0. The van der Waals surface area contributed by atoms with E-state index in [2.05, 4.69) is 4.89 Å². The largest absolute Gasteiger partial charge is 0.340 e. The van der Waals surface area contributed by atoms with Crippen molar-refractivity contribution in [2.75, 3.05) is 0 Å². The zero-order chi connectivity index (χ0) is 7.56. The van der Waals surface area contributed by atoms with Crippen molar-refractivity contribution < 1.29 is 31.2 Å². The fourth-order valence-electron chi connectivity index (χ4n) is 0.943. The average molecular weight is 234 g/mol. The van der Waals surface area contributed by atoms with E-state index in [1.54, 1.807) is 0 Å². The van der Waals surface area contributed by atoms with E-state index in [-0.39, 0.29) is 21.1 Å². The number of rotatable bonds is 1. The number of hydrogen-bond donors (Lipinski definition) is 1. The van der Waals surface area contributed by atoms with Gasteiger partial charge in [-0.3, -0.25) is 0 Å². The van der Waals surface area contributed by atoms with E-state index in [1.165, 1.54) is 0 Å². The van der Waals surface area contributed by atoms with Crippen LogP contribution in [-0.2, 0) is 21.1 Å². The van der Waals surface area contributed by atoms with Gasteiger partial charge in [0.15, 0.2) is 5.75 Å². The molecule has 60 valence electrons. The summed E-state index contributed by atoms with van der Waals surface area (Å²) in [5.74, 6) is 0.558. The third-order valence-corrected chi connectivity index (χ3v) is 1.50. The second-order valence-electron chi connectivity index (χ2n) is 2.31. The molecular weight excluding hydrogens is 224 g/mol. The van der Waals surface area contributed by atoms with Gasteiger partial charge in [-0.15, -0.1) is 0 Å². The second-order valence-corrected chi connectivity index (χ2v) is 2.31. The van der Waals surface area contributed by atoms with Crippen LogP contribution >= 0.6 is 0 Å². The van der Waals surface area contributed by atoms with Crippen LogP contribution in [0.5, 0.6) is 5.75 Å². The Labute approximate surface area is 80.4 Å². The van der Waals surface area contributed by atoms with E-state index in [4.69, 9.17) is 5.26 Å². The van der Waals surface area contributed by atoms with Gasteiger partial charge < -0.3 is 4.89 Å². The molecule has 0 atom stereocenters. The van der Waals surface area contributed by atoms with Crippen molar-refractivity contribution >= 4 is 0 Å². The van der Waals surface area contributed by atoms with Crippen molar-refractivity contribution in [2.45, 2.75) is 13.8 Å². The van der Waals surface area contributed by atoms with Crippen LogP contribution in [-0.4, -0.2) is 5.26 Å². The molecule has 1 aromatic carbocycles. The van der Waals surface area contributed by atoms with Gasteiger partial charge in [0, 0.05) is 21.1 Å². The van der Waals surface area contributed by atoms with Gasteiger partial charge in [-0.2, -0.15) is 0 Å². The van der Waals surface area contributed by atoms with Crippen LogP contribution in [0.4, 0.5) is 0 Å². The van der Waals surface area contributed by atoms with Crippen molar-refractivity contribution in [3.05, 3.63) is 29.3 Å². The first-order chi connectivity index (χ1) is 4.75. The summed E-state index contributed by atoms with van der Waals surface area (Å²) in [6.45, 7) is 3.77. The first-order valence-electron chi connectivity index (χ1n) is 3.13. The summed E-state index contributed by atoms with van der Waals surface area (Å²) >= 11 is 0. The van der Waals surface area contributed by atoms with E-state index >= 15 is 0 Å². The minimum atomic E-state index is 0. The molecule has 2 nitrogen and oxygen atoms in total. The summed E-state index contributed by atoms with van der Waals surface area (Å²) < 4.78 is 0. The number of benzene rings is 1. The van der Waals surface area contributed by atoms with Crippen LogP contribution in [0.1, 0.15) is 11.1 Å².